The third kappa shape index (κ3) is 2.77. The molecule has 2 amide bonds. The van der Waals surface area contributed by atoms with Crippen LogP contribution in [0.2, 0.25) is 0 Å². The number of nitrogens with zero attached hydrogens (tertiary/aromatic N) is 3. The Morgan fingerprint density at radius 3 is 2.46 bits per heavy atom. The first-order valence-electron chi connectivity index (χ1n) is 9.54. The summed E-state index contributed by atoms with van der Waals surface area (Å²) in [5.74, 6) is -0.869. The topological polar surface area (TPSA) is 65.8 Å². The van der Waals surface area contributed by atoms with E-state index in [1.807, 2.05) is 4.57 Å². The monoisotopic (exact) mass is 385 g/mol. The first kappa shape index (κ1) is 18.5. The van der Waals surface area contributed by atoms with Crippen LogP contribution in [0.4, 0.5) is 4.39 Å². The average molecular weight is 385 g/mol. The van der Waals surface area contributed by atoms with Gasteiger partial charge in [-0.1, -0.05) is 26.0 Å². The summed E-state index contributed by atoms with van der Waals surface area (Å²) in [5.41, 5.74) is 2.04. The lowest BCUT2D eigenvalue weighted by atomic mass is 9.86. The quantitative estimate of drug-likeness (QED) is 0.884. The lowest BCUT2D eigenvalue weighted by Gasteiger charge is -2.36. The summed E-state index contributed by atoms with van der Waals surface area (Å²) in [7, 11) is 1.69. The van der Waals surface area contributed by atoms with Crippen LogP contribution in [0, 0.1) is 11.7 Å². The Bertz CT molecular complexity index is 949. The lowest BCUT2D eigenvalue weighted by Crippen LogP contribution is -2.42. The Morgan fingerprint density at radius 1 is 1.14 bits per heavy atom. The number of likely N-dealkylation sites (N-methyl/N-ethyl adjacent to an activating group) is 1. The zero-order valence-corrected chi connectivity index (χ0v) is 16.3. The van der Waals surface area contributed by atoms with Gasteiger partial charge < -0.3 is 19.5 Å². The highest BCUT2D eigenvalue weighted by atomic mass is 19.1. The van der Waals surface area contributed by atoms with Gasteiger partial charge in [0.15, 0.2) is 11.4 Å². The molecule has 0 radical (unpaired) electrons. The second-order valence-electron chi connectivity index (χ2n) is 8.00. The highest BCUT2D eigenvalue weighted by Crippen LogP contribution is 2.43. The van der Waals surface area contributed by atoms with Gasteiger partial charge in [-0.3, -0.25) is 9.59 Å². The third-order valence-electron chi connectivity index (χ3n) is 5.85. The van der Waals surface area contributed by atoms with E-state index in [0.717, 1.165) is 11.3 Å². The molecule has 28 heavy (non-hydrogen) atoms. The first-order valence-corrected chi connectivity index (χ1v) is 9.54. The molecule has 1 atom stereocenters. The van der Waals surface area contributed by atoms with Crippen LogP contribution in [0.15, 0.2) is 24.3 Å². The molecule has 0 fully saturated rings. The fourth-order valence-electron chi connectivity index (χ4n) is 4.24. The van der Waals surface area contributed by atoms with Gasteiger partial charge in [-0.15, -0.1) is 0 Å². The van der Waals surface area contributed by atoms with E-state index < -0.39 is 0 Å². The highest BCUT2D eigenvalue weighted by molar-refractivity contribution is 6.06. The van der Waals surface area contributed by atoms with E-state index in [0.29, 0.717) is 26.2 Å². The van der Waals surface area contributed by atoms with Gasteiger partial charge in [0, 0.05) is 44.8 Å². The number of hydrogen-bond donors (Lipinski definition) is 1. The number of aromatic nitrogens is 1. The van der Waals surface area contributed by atoms with Gasteiger partial charge >= 0.3 is 0 Å². The lowest BCUT2D eigenvalue weighted by molar-refractivity contribution is 0.0681. The van der Waals surface area contributed by atoms with Crippen molar-refractivity contribution >= 4 is 11.8 Å². The number of hydrogen-bond acceptors (Lipinski definition) is 3. The molecule has 2 aliphatic heterocycles. The number of amides is 2. The molecule has 1 N–H and O–H groups in total. The summed E-state index contributed by atoms with van der Waals surface area (Å²) in [6.45, 7) is 6.09. The number of halogens is 1. The van der Waals surface area contributed by atoms with E-state index in [4.69, 9.17) is 0 Å². The molecule has 0 aliphatic carbocycles. The van der Waals surface area contributed by atoms with Crippen molar-refractivity contribution in [3.8, 4) is 5.75 Å². The maximum atomic E-state index is 13.2. The molecule has 0 bridgehead atoms. The Morgan fingerprint density at radius 2 is 1.82 bits per heavy atom. The molecule has 2 aromatic rings. The Kier molecular flexibility index (Phi) is 4.40. The molecule has 1 unspecified atom stereocenters. The summed E-state index contributed by atoms with van der Waals surface area (Å²) in [5, 5.41) is 10.8. The zero-order valence-electron chi connectivity index (χ0n) is 16.3. The molecule has 0 saturated carbocycles. The maximum absolute atomic E-state index is 13.2. The Balaban J connectivity index is 1.79. The maximum Gasteiger partial charge on any atom is 0.274 e. The average Bonchev–Trinajstić information content (AvgIpc) is 2.95. The SMILES string of the molecule is CC(C)C1CN(Cc2ccc(F)cc2)C(=O)c2c(O)c3n(c21)CCN(C)C3=O. The van der Waals surface area contributed by atoms with Crippen LogP contribution in [0.5, 0.6) is 5.75 Å². The van der Waals surface area contributed by atoms with Gasteiger partial charge in [-0.2, -0.15) is 0 Å². The molecule has 4 rings (SSSR count). The van der Waals surface area contributed by atoms with Crippen LogP contribution in [0.25, 0.3) is 0 Å². The zero-order chi connectivity index (χ0) is 20.2. The summed E-state index contributed by atoms with van der Waals surface area (Å²) in [4.78, 5) is 29.1. The van der Waals surface area contributed by atoms with E-state index in [2.05, 4.69) is 13.8 Å². The second-order valence-corrected chi connectivity index (χ2v) is 8.00. The largest absolute Gasteiger partial charge is 0.505 e. The number of carbonyl (C=O) groups excluding carboxylic acids is 2. The fraction of sp³-hybridized carbons (Fsp3) is 0.429. The molecule has 148 valence electrons. The van der Waals surface area contributed by atoms with E-state index in [9.17, 15) is 19.1 Å². The van der Waals surface area contributed by atoms with Crippen molar-refractivity contribution < 1.29 is 19.1 Å². The van der Waals surface area contributed by atoms with Crippen molar-refractivity contribution in [3.63, 3.8) is 0 Å². The standard InChI is InChI=1S/C21H24FN3O3/c1-12(2)15-11-24(10-13-4-6-14(22)7-5-13)20(27)16-17(15)25-9-8-23(3)21(28)18(25)19(16)26/h4-7,12,15,26H,8-11H2,1-3H3. The summed E-state index contributed by atoms with van der Waals surface area (Å²) in [6.07, 6.45) is 0. The van der Waals surface area contributed by atoms with Gasteiger partial charge in [-0.25, -0.2) is 4.39 Å². The smallest absolute Gasteiger partial charge is 0.274 e. The summed E-state index contributed by atoms with van der Waals surface area (Å²) >= 11 is 0. The molecule has 1 aromatic carbocycles. The van der Waals surface area contributed by atoms with E-state index in [-0.39, 0.29) is 46.5 Å². The number of rotatable bonds is 3. The minimum atomic E-state index is -0.323. The van der Waals surface area contributed by atoms with Gasteiger partial charge in [0.25, 0.3) is 11.8 Å². The van der Waals surface area contributed by atoms with Crippen LogP contribution >= 0.6 is 0 Å². The van der Waals surface area contributed by atoms with Crippen molar-refractivity contribution in [3.05, 3.63) is 52.6 Å². The van der Waals surface area contributed by atoms with E-state index >= 15 is 0 Å². The van der Waals surface area contributed by atoms with Crippen molar-refractivity contribution in [1.29, 1.82) is 0 Å². The number of fused-ring (bicyclic) bond motifs is 3. The molecule has 0 spiro atoms. The molecule has 1 aromatic heterocycles. The number of aromatic hydroxyl groups is 1. The van der Waals surface area contributed by atoms with Crippen molar-refractivity contribution in [2.45, 2.75) is 32.9 Å². The van der Waals surface area contributed by atoms with Crippen LogP contribution in [-0.2, 0) is 13.1 Å². The fourth-order valence-corrected chi connectivity index (χ4v) is 4.24. The molecule has 3 heterocycles. The number of benzene rings is 1. The number of carbonyl (C=O) groups is 2. The minimum Gasteiger partial charge on any atom is -0.505 e. The van der Waals surface area contributed by atoms with Crippen LogP contribution in [0.3, 0.4) is 0 Å². The third-order valence-corrected chi connectivity index (χ3v) is 5.85. The first-order chi connectivity index (χ1) is 13.3. The van der Waals surface area contributed by atoms with Gasteiger partial charge in [0.05, 0.1) is 0 Å². The Labute approximate surface area is 163 Å². The van der Waals surface area contributed by atoms with Crippen molar-refractivity contribution in [2.75, 3.05) is 20.1 Å². The van der Waals surface area contributed by atoms with Crippen LogP contribution in [-0.4, -0.2) is 51.4 Å². The molecular formula is C21H24FN3O3. The van der Waals surface area contributed by atoms with Crippen LogP contribution in [0.1, 0.15) is 51.9 Å². The van der Waals surface area contributed by atoms with Gasteiger partial charge in [0.2, 0.25) is 0 Å². The molecule has 2 aliphatic rings. The Hall–Kier alpha value is -2.83. The van der Waals surface area contributed by atoms with Crippen LogP contribution < -0.4 is 0 Å². The predicted octanol–water partition coefficient (Wildman–Crippen LogP) is 2.81. The minimum absolute atomic E-state index is 0.00371. The van der Waals surface area contributed by atoms with E-state index in [1.54, 1.807) is 29.0 Å². The van der Waals surface area contributed by atoms with Gasteiger partial charge in [-0.05, 0) is 23.6 Å². The van der Waals surface area contributed by atoms with Crippen molar-refractivity contribution in [2.24, 2.45) is 5.92 Å². The predicted molar refractivity (Wildman–Crippen MR) is 102 cm³/mol. The molecular weight excluding hydrogens is 361 g/mol. The van der Waals surface area contributed by atoms with Crippen molar-refractivity contribution in [1.82, 2.24) is 14.4 Å². The van der Waals surface area contributed by atoms with E-state index in [1.165, 1.54) is 12.1 Å². The molecule has 7 heteroatoms. The normalized spacial score (nSPS) is 19.2. The van der Waals surface area contributed by atoms with Gasteiger partial charge in [0.1, 0.15) is 11.4 Å². The highest BCUT2D eigenvalue weighted by Gasteiger charge is 2.43. The molecule has 0 saturated heterocycles. The molecule has 6 nitrogen and oxygen atoms in total. The summed E-state index contributed by atoms with van der Waals surface area (Å²) in [6, 6.07) is 6.06. The summed E-state index contributed by atoms with van der Waals surface area (Å²) < 4.78 is 15.0. The second kappa shape index (κ2) is 6.65.